The molecule has 1 aromatic heterocycles. The predicted molar refractivity (Wildman–Crippen MR) is 76.7 cm³/mol. The molecule has 1 aromatic carbocycles. The molecule has 0 aliphatic carbocycles. The third kappa shape index (κ3) is 3.74. The highest BCUT2D eigenvalue weighted by Gasteiger charge is 2.19. The van der Waals surface area contributed by atoms with Gasteiger partial charge in [0.25, 0.3) is 0 Å². The van der Waals surface area contributed by atoms with Gasteiger partial charge in [-0.05, 0) is 40.2 Å². The van der Waals surface area contributed by atoms with Crippen LogP contribution in [0.25, 0.3) is 0 Å². The third-order valence-corrected chi connectivity index (χ3v) is 4.46. The average molecular weight is 378 g/mol. The smallest absolute Gasteiger partial charge is 0.244 e. The van der Waals surface area contributed by atoms with Crippen molar-refractivity contribution in [2.45, 2.75) is 11.4 Å². The van der Waals surface area contributed by atoms with Crippen LogP contribution in [0.4, 0.5) is 14.6 Å². The van der Waals surface area contributed by atoms with E-state index in [-0.39, 0.29) is 16.3 Å². The van der Waals surface area contributed by atoms with Crippen molar-refractivity contribution in [3.63, 3.8) is 0 Å². The second kappa shape index (κ2) is 6.04. The van der Waals surface area contributed by atoms with Crippen LogP contribution in [0.3, 0.4) is 0 Å². The summed E-state index contributed by atoms with van der Waals surface area (Å²) in [6.07, 6.45) is 1.35. The molecule has 0 aliphatic heterocycles. The van der Waals surface area contributed by atoms with Crippen LogP contribution in [0, 0.1) is 11.6 Å². The molecule has 0 spiro atoms. The Kier molecular flexibility index (Phi) is 4.55. The number of nitrogens with zero attached hydrogens (tertiary/aromatic N) is 1. The van der Waals surface area contributed by atoms with Gasteiger partial charge in [-0.2, -0.15) is 0 Å². The van der Waals surface area contributed by atoms with Gasteiger partial charge in [-0.25, -0.2) is 26.9 Å². The topological polar surface area (TPSA) is 85.1 Å². The number of nitrogens with one attached hydrogen (secondary N) is 1. The molecule has 3 N–H and O–H groups in total. The molecule has 2 aromatic rings. The average Bonchev–Trinajstić information content (AvgIpc) is 2.42. The number of rotatable bonds is 4. The second-order valence-corrected chi connectivity index (χ2v) is 6.75. The summed E-state index contributed by atoms with van der Waals surface area (Å²) in [4.78, 5) is 3.47. The van der Waals surface area contributed by atoms with E-state index in [1.807, 2.05) is 0 Å². The zero-order valence-electron chi connectivity index (χ0n) is 10.5. The van der Waals surface area contributed by atoms with E-state index in [1.165, 1.54) is 12.3 Å². The highest BCUT2D eigenvalue weighted by molar-refractivity contribution is 9.10. The predicted octanol–water partition coefficient (Wildman–Crippen LogP) is 2.18. The van der Waals surface area contributed by atoms with E-state index in [2.05, 4.69) is 25.6 Å². The first kappa shape index (κ1) is 15.8. The zero-order valence-corrected chi connectivity index (χ0v) is 12.9. The van der Waals surface area contributed by atoms with E-state index >= 15 is 0 Å². The van der Waals surface area contributed by atoms with Gasteiger partial charge in [0, 0.05) is 22.8 Å². The fourth-order valence-corrected chi connectivity index (χ4v) is 3.17. The molecule has 0 saturated carbocycles. The van der Waals surface area contributed by atoms with Crippen LogP contribution < -0.4 is 10.5 Å². The van der Waals surface area contributed by atoms with Crippen LogP contribution in [-0.2, 0) is 16.6 Å². The molecule has 0 aliphatic rings. The SMILES string of the molecule is Nc1ncc(Br)cc1S(=O)(=O)NCc1cc(F)ccc1F. The molecule has 0 unspecified atom stereocenters. The van der Waals surface area contributed by atoms with Gasteiger partial charge in [0.15, 0.2) is 0 Å². The lowest BCUT2D eigenvalue weighted by molar-refractivity contribution is 0.567. The Morgan fingerprint density at radius 3 is 2.71 bits per heavy atom. The molecule has 5 nitrogen and oxygen atoms in total. The van der Waals surface area contributed by atoms with Gasteiger partial charge in [0.2, 0.25) is 10.0 Å². The first-order chi connectivity index (χ1) is 9.79. The van der Waals surface area contributed by atoms with Crippen LogP contribution in [0.2, 0.25) is 0 Å². The summed E-state index contributed by atoms with van der Waals surface area (Å²) in [6, 6.07) is 4.06. The van der Waals surface area contributed by atoms with Gasteiger partial charge in [-0.3, -0.25) is 0 Å². The van der Waals surface area contributed by atoms with E-state index in [9.17, 15) is 17.2 Å². The Bertz CT molecular complexity index is 784. The van der Waals surface area contributed by atoms with Gasteiger partial charge in [-0.1, -0.05) is 0 Å². The molecule has 1 heterocycles. The minimum atomic E-state index is -4.00. The number of aromatic nitrogens is 1. The van der Waals surface area contributed by atoms with Gasteiger partial charge in [-0.15, -0.1) is 0 Å². The van der Waals surface area contributed by atoms with Crippen molar-refractivity contribution >= 4 is 31.8 Å². The van der Waals surface area contributed by atoms with E-state index in [1.54, 1.807) is 0 Å². The fraction of sp³-hybridized carbons (Fsp3) is 0.0833. The summed E-state index contributed by atoms with van der Waals surface area (Å²) in [5.41, 5.74) is 5.40. The Morgan fingerprint density at radius 1 is 1.29 bits per heavy atom. The van der Waals surface area contributed by atoms with Crippen LogP contribution >= 0.6 is 15.9 Å². The summed E-state index contributed by atoms with van der Waals surface area (Å²) in [7, 11) is -4.00. The number of sulfonamides is 1. The normalized spacial score (nSPS) is 11.6. The Hall–Kier alpha value is -1.58. The molecular formula is C12H10BrF2N3O2S. The van der Waals surface area contributed by atoms with Crippen molar-refractivity contribution < 1.29 is 17.2 Å². The van der Waals surface area contributed by atoms with E-state index in [4.69, 9.17) is 5.73 Å². The largest absolute Gasteiger partial charge is 0.383 e. The van der Waals surface area contributed by atoms with Crippen LogP contribution in [-0.4, -0.2) is 13.4 Å². The summed E-state index contributed by atoms with van der Waals surface area (Å²) < 4.78 is 53.3. The number of nitrogen functional groups attached to an aromatic ring is 1. The van der Waals surface area contributed by atoms with E-state index < -0.39 is 28.2 Å². The number of benzene rings is 1. The second-order valence-electron chi connectivity index (χ2n) is 4.10. The summed E-state index contributed by atoms with van der Waals surface area (Å²) in [5.74, 6) is -1.56. The zero-order chi connectivity index (χ0) is 15.6. The lowest BCUT2D eigenvalue weighted by Crippen LogP contribution is -2.25. The highest BCUT2D eigenvalue weighted by atomic mass is 79.9. The first-order valence-electron chi connectivity index (χ1n) is 5.64. The molecular weight excluding hydrogens is 368 g/mol. The lowest BCUT2D eigenvalue weighted by atomic mass is 10.2. The van der Waals surface area contributed by atoms with Gasteiger partial charge in [0.05, 0.1) is 0 Å². The van der Waals surface area contributed by atoms with Crippen LogP contribution in [0.5, 0.6) is 0 Å². The summed E-state index contributed by atoms with van der Waals surface area (Å²) in [5, 5.41) is 0. The van der Waals surface area contributed by atoms with Gasteiger partial charge in [0.1, 0.15) is 22.3 Å². The number of hydrogen-bond donors (Lipinski definition) is 2. The molecule has 0 bridgehead atoms. The number of hydrogen-bond acceptors (Lipinski definition) is 4. The van der Waals surface area contributed by atoms with Crippen LogP contribution in [0.15, 0.2) is 39.8 Å². The van der Waals surface area contributed by atoms with Crippen LogP contribution in [0.1, 0.15) is 5.56 Å². The van der Waals surface area contributed by atoms with Gasteiger partial charge < -0.3 is 5.73 Å². The molecule has 112 valence electrons. The molecule has 0 fully saturated rings. The maximum absolute atomic E-state index is 13.4. The summed E-state index contributed by atoms with van der Waals surface area (Å²) in [6.45, 7) is -0.405. The molecule has 9 heteroatoms. The standard InChI is InChI=1S/C12H10BrF2N3O2S/c13-8-4-11(12(16)17-6-8)21(19,20)18-5-7-3-9(14)1-2-10(7)15/h1-4,6,18H,5H2,(H2,16,17). The molecule has 0 atom stereocenters. The Labute approximate surface area is 128 Å². The monoisotopic (exact) mass is 377 g/mol. The Morgan fingerprint density at radius 2 is 2.00 bits per heavy atom. The third-order valence-electron chi connectivity index (χ3n) is 2.60. The number of nitrogens with two attached hydrogens (primary N) is 1. The fourth-order valence-electron chi connectivity index (χ4n) is 1.58. The van der Waals surface area contributed by atoms with Crippen molar-refractivity contribution in [2.24, 2.45) is 0 Å². The number of anilines is 1. The lowest BCUT2D eigenvalue weighted by Gasteiger charge is -2.09. The molecule has 0 amide bonds. The number of pyridine rings is 1. The molecule has 2 rings (SSSR count). The van der Waals surface area contributed by atoms with Crippen molar-refractivity contribution in [1.29, 1.82) is 0 Å². The molecule has 21 heavy (non-hydrogen) atoms. The molecule has 0 saturated heterocycles. The van der Waals surface area contributed by atoms with Crippen molar-refractivity contribution in [3.8, 4) is 0 Å². The van der Waals surface area contributed by atoms with Crippen molar-refractivity contribution in [2.75, 3.05) is 5.73 Å². The van der Waals surface area contributed by atoms with Crippen molar-refractivity contribution in [3.05, 3.63) is 52.1 Å². The van der Waals surface area contributed by atoms with Crippen molar-refractivity contribution in [1.82, 2.24) is 9.71 Å². The highest BCUT2D eigenvalue weighted by Crippen LogP contribution is 2.21. The van der Waals surface area contributed by atoms with Gasteiger partial charge >= 0.3 is 0 Å². The minimum Gasteiger partial charge on any atom is -0.383 e. The first-order valence-corrected chi connectivity index (χ1v) is 7.92. The minimum absolute atomic E-state index is 0.111. The maximum Gasteiger partial charge on any atom is 0.244 e. The Balaban J connectivity index is 2.26. The number of halogens is 3. The van der Waals surface area contributed by atoms with E-state index in [0.717, 1.165) is 18.2 Å². The molecule has 0 radical (unpaired) electrons. The van der Waals surface area contributed by atoms with E-state index in [0.29, 0.717) is 4.47 Å². The maximum atomic E-state index is 13.4. The quantitative estimate of drug-likeness (QED) is 0.854. The summed E-state index contributed by atoms with van der Waals surface area (Å²) >= 11 is 3.09.